The second kappa shape index (κ2) is 7.94. The van der Waals surface area contributed by atoms with Crippen LogP contribution >= 0.6 is 11.8 Å². The summed E-state index contributed by atoms with van der Waals surface area (Å²) in [5.74, 6) is 0.240. The molecule has 0 saturated carbocycles. The van der Waals surface area contributed by atoms with Crippen molar-refractivity contribution in [3.8, 4) is 0 Å². The molecular formula is C22H20N2O3S. The average Bonchev–Trinajstić information content (AvgIpc) is 3.36. The monoisotopic (exact) mass is 392 g/mol. The smallest absolute Gasteiger partial charge is 0.261 e. The van der Waals surface area contributed by atoms with Gasteiger partial charge in [0.05, 0.1) is 17.6 Å². The molecule has 0 aliphatic carbocycles. The highest BCUT2D eigenvalue weighted by Gasteiger charge is 2.26. The van der Waals surface area contributed by atoms with Crippen molar-refractivity contribution in [1.82, 2.24) is 0 Å². The number of furan rings is 1. The van der Waals surface area contributed by atoms with Gasteiger partial charge in [0, 0.05) is 22.8 Å². The Balaban J connectivity index is 1.40. The Bertz CT molecular complexity index is 1010. The minimum absolute atomic E-state index is 0.0440. The summed E-state index contributed by atoms with van der Waals surface area (Å²) in [5.41, 5.74) is 4.41. The van der Waals surface area contributed by atoms with E-state index in [2.05, 4.69) is 5.32 Å². The van der Waals surface area contributed by atoms with Crippen molar-refractivity contribution in [1.29, 1.82) is 0 Å². The molecule has 1 aliphatic heterocycles. The number of hydrogen-bond donors (Lipinski definition) is 1. The van der Waals surface area contributed by atoms with Gasteiger partial charge in [0.1, 0.15) is 6.26 Å². The van der Waals surface area contributed by atoms with Crippen LogP contribution in [0.1, 0.15) is 21.5 Å². The van der Waals surface area contributed by atoms with E-state index in [1.165, 1.54) is 29.9 Å². The van der Waals surface area contributed by atoms with Crippen LogP contribution in [0.4, 0.5) is 11.4 Å². The SMILES string of the molecule is Cc1ccccc1SCC(=O)Nc1ccc2c(c1)CCN2C(=O)c1ccoc1. The summed E-state index contributed by atoms with van der Waals surface area (Å²) in [4.78, 5) is 27.8. The molecule has 0 bridgehead atoms. The number of carbonyl (C=O) groups excluding carboxylic acids is 2. The normalized spacial score (nSPS) is 12.7. The molecule has 4 rings (SSSR count). The van der Waals surface area contributed by atoms with E-state index in [0.29, 0.717) is 17.9 Å². The summed E-state index contributed by atoms with van der Waals surface area (Å²) in [6, 6.07) is 15.4. The van der Waals surface area contributed by atoms with Gasteiger partial charge in [-0.25, -0.2) is 0 Å². The Morgan fingerprint density at radius 3 is 2.82 bits per heavy atom. The predicted molar refractivity (Wildman–Crippen MR) is 111 cm³/mol. The third-order valence-electron chi connectivity index (χ3n) is 4.72. The number of hydrogen-bond acceptors (Lipinski definition) is 4. The van der Waals surface area contributed by atoms with Crippen LogP contribution in [-0.4, -0.2) is 24.1 Å². The lowest BCUT2D eigenvalue weighted by molar-refractivity contribution is -0.113. The summed E-state index contributed by atoms with van der Waals surface area (Å²) >= 11 is 1.53. The van der Waals surface area contributed by atoms with Gasteiger partial charge in [0.25, 0.3) is 5.91 Å². The maximum atomic E-state index is 12.6. The zero-order valence-electron chi connectivity index (χ0n) is 15.5. The Morgan fingerprint density at radius 2 is 2.04 bits per heavy atom. The van der Waals surface area contributed by atoms with Gasteiger partial charge in [-0.05, 0) is 54.8 Å². The fraction of sp³-hybridized carbons (Fsp3) is 0.182. The minimum atomic E-state index is -0.0704. The molecule has 28 heavy (non-hydrogen) atoms. The number of benzene rings is 2. The first-order valence-corrected chi connectivity index (χ1v) is 10.1. The highest BCUT2D eigenvalue weighted by Crippen LogP contribution is 2.32. The number of nitrogens with one attached hydrogen (secondary N) is 1. The lowest BCUT2D eigenvalue weighted by Crippen LogP contribution is -2.28. The Kier molecular flexibility index (Phi) is 5.21. The second-order valence-electron chi connectivity index (χ2n) is 6.66. The molecule has 0 fully saturated rings. The van der Waals surface area contributed by atoms with Crippen LogP contribution in [0.5, 0.6) is 0 Å². The molecule has 2 heterocycles. The summed E-state index contributed by atoms with van der Waals surface area (Å²) < 4.78 is 5.01. The molecule has 3 aromatic rings. The number of rotatable bonds is 5. The third kappa shape index (κ3) is 3.82. The lowest BCUT2D eigenvalue weighted by atomic mass is 10.1. The largest absolute Gasteiger partial charge is 0.472 e. The van der Waals surface area contributed by atoms with E-state index in [9.17, 15) is 9.59 Å². The van der Waals surface area contributed by atoms with Crippen molar-refractivity contribution in [3.05, 3.63) is 77.7 Å². The van der Waals surface area contributed by atoms with E-state index >= 15 is 0 Å². The number of amides is 2. The fourth-order valence-electron chi connectivity index (χ4n) is 3.29. The van der Waals surface area contributed by atoms with Gasteiger partial charge < -0.3 is 14.6 Å². The first kappa shape index (κ1) is 18.4. The predicted octanol–water partition coefficient (Wildman–Crippen LogP) is 4.52. The first-order valence-electron chi connectivity index (χ1n) is 9.07. The molecule has 0 saturated heterocycles. The lowest BCUT2D eigenvalue weighted by Gasteiger charge is -2.16. The van der Waals surface area contributed by atoms with Crippen LogP contribution in [0, 0.1) is 6.92 Å². The molecule has 0 atom stereocenters. The maximum Gasteiger partial charge on any atom is 0.261 e. The molecule has 1 aromatic heterocycles. The zero-order valence-corrected chi connectivity index (χ0v) is 16.3. The van der Waals surface area contributed by atoms with Crippen molar-refractivity contribution >= 4 is 35.0 Å². The van der Waals surface area contributed by atoms with Crippen LogP contribution in [0.2, 0.25) is 0 Å². The van der Waals surface area contributed by atoms with Crippen molar-refractivity contribution in [3.63, 3.8) is 0 Å². The van der Waals surface area contributed by atoms with Gasteiger partial charge in [-0.1, -0.05) is 18.2 Å². The Hall–Kier alpha value is -2.99. The van der Waals surface area contributed by atoms with Crippen LogP contribution in [0.15, 0.2) is 70.4 Å². The second-order valence-corrected chi connectivity index (χ2v) is 7.68. The van der Waals surface area contributed by atoms with Gasteiger partial charge in [-0.15, -0.1) is 11.8 Å². The van der Waals surface area contributed by atoms with E-state index in [-0.39, 0.29) is 11.8 Å². The van der Waals surface area contributed by atoms with Crippen LogP contribution in [0.25, 0.3) is 0 Å². The van der Waals surface area contributed by atoms with E-state index in [1.807, 2.05) is 49.4 Å². The minimum Gasteiger partial charge on any atom is -0.472 e. The highest BCUT2D eigenvalue weighted by atomic mass is 32.2. The van der Waals surface area contributed by atoms with Gasteiger partial charge in [-0.2, -0.15) is 0 Å². The molecule has 0 spiro atoms. The van der Waals surface area contributed by atoms with E-state index in [4.69, 9.17) is 4.42 Å². The third-order valence-corrected chi connectivity index (χ3v) is 5.90. The topological polar surface area (TPSA) is 62.6 Å². The maximum absolute atomic E-state index is 12.6. The molecule has 5 nitrogen and oxygen atoms in total. The molecule has 142 valence electrons. The number of carbonyl (C=O) groups is 2. The molecule has 6 heteroatoms. The van der Waals surface area contributed by atoms with Crippen molar-refractivity contribution in [2.45, 2.75) is 18.2 Å². The van der Waals surface area contributed by atoms with Gasteiger partial charge in [0.2, 0.25) is 5.91 Å². The molecule has 0 unspecified atom stereocenters. The number of aryl methyl sites for hydroxylation is 1. The van der Waals surface area contributed by atoms with Gasteiger partial charge in [0.15, 0.2) is 0 Å². The fourth-order valence-corrected chi connectivity index (χ4v) is 4.12. The summed E-state index contributed by atoms with van der Waals surface area (Å²) in [6.45, 7) is 2.66. The van der Waals surface area contributed by atoms with Crippen molar-refractivity contribution < 1.29 is 14.0 Å². The first-order chi connectivity index (χ1) is 13.6. The quantitative estimate of drug-likeness (QED) is 0.649. The molecule has 0 radical (unpaired) electrons. The Morgan fingerprint density at radius 1 is 1.18 bits per heavy atom. The molecule has 1 N–H and O–H groups in total. The molecule has 1 aliphatic rings. The van der Waals surface area contributed by atoms with Crippen LogP contribution in [-0.2, 0) is 11.2 Å². The molecule has 2 aromatic carbocycles. The Labute approximate surface area is 167 Å². The van der Waals surface area contributed by atoms with E-state index in [0.717, 1.165) is 28.3 Å². The summed E-state index contributed by atoms with van der Waals surface area (Å²) in [6.07, 6.45) is 3.72. The number of nitrogens with zero attached hydrogens (tertiary/aromatic N) is 1. The molecule has 2 amide bonds. The number of fused-ring (bicyclic) bond motifs is 1. The van der Waals surface area contributed by atoms with Crippen molar-refractivity contribution in [2.24, 2.45) is 0 Å². The summed E-state index contributed by atoms with van der Waals surface area (Å²) in [5, 5.41) is 2.95. The molecular weight excluding hydrogens is 372 g/mol. The highest BCUT2D eigenvalue weighted by molar-refractivity contribution is 8.00. The zero-order chi connectivity index (χ0) is 19.5. The van der Waals surface area contributed by atoms with E-state index < -0.39 is 0 Å². The van der Waals surface area contributed by atoms with Crippen molar-refractivity contribution in [2.75, 3.05) is 22.5 Å². The average molecular weight is 392 g/mol. The van der Waals surface area contributed by atoms with Crippen LogP contribution in [0.3, 0.4) is 0 Å². The van der Waals surface area contributed by atoms with E-state index in [1.54, 1.807) is 11.0 Å². The van der Waals surface area contributed by atoms with Crippen LogP contribution < -0.4 is 10.2 Å². The summed E-state index contributed by atoms with van der Waals surface area (Å²) in [7, 11) is 0. The number of anilines is 2. The number of thioether (sulfide) groups is 1. The van der Waals surface area contributed by atoms with Gasteiger partial charge >= 0.3 is 0 Å². The standard InChI is InChI=1S/C22H20N2O3S/c1-15-4-2-3-5-20(15)28-14-21(25)23-18-6-7-19-16(12-18)8-10-24(19)22(26)17-9-11-27-13-17/h2-7,9,11-13H,8,10,14H2,1H3,(H,23,25). The van der Waals surface area contributed by atoms with Gasteiger partial charge in [-0.3, -0.25) is 9.59 Å².